The second-order valence-corrected chi connectivity index (χ2v) is 7.50. The first-order valence-electron chi connectivity index (χ1n) is 6.32. The molecule has 7 heteroatoms. The molecule has 1 aromatic carbocycles. The summed E-state index contributed by atoms with van der Waals surface area (Å²) in [5, 5.41) is 9.18. The van der Waals surface area contributed by atoms with Crippen molar-refractivity contribution >= 4 is 26.0 Å². The molecule has 0 aliphatic carbocycles. The molecule has 20 heavy (non-hydrogen) atoms. The van der Waals surface area contributed by atoms with Crippen molar-refractivity contribution in [2.24, 2.45) is 0 Å². The van der Waals surface area contributed by atoms with E-state index in [9.17, 15) is 13.5 Å². The maximum atomic E-state index is 12.3. The molecular weight excluding hydrogens is 344 g/mol. The van der Waals surface area contributed by atoms with Gasteiger partial charge in [-0.05, 0) is 57.2 Å². The third kappa shape index (κ3) is 4.82. The molecule has 0 aliphatic heterocycles. The van der Waals surface area contributed by atoms with Gasteiger partial charge in [0, 0.05) is 11.0 Å². The molecule has 0 saturated heterocycles. The van der Waals surface area contributed by atoms with E-state index < -0.39 is 10.0 Å². The Balaban J connectivity index is 2.89. The SMILES string of the molecule is Cc1c(Br)cc(CO)cc1S(=O)(=O)NCCCN(C)C. The van der Waals surface area contributed by atoms with E-state index in [0.29, 0.717) is 22.1 Å². The zero-order valence-corrected chi connectivity index (χ0v) is 14.4. The van der Waals surface area contributed by atoms with Gasteiger partial charge in [0.2, 0.25) is 10.0 Å². The zero-order chi connectivity index (χ0) is 15.3. The minimum Gasteiger partial charge on any atom is -0.392 e. The standard InChI is InChI=1S/C13H21BrN2O3S/c1-10-12(14)7-11(9-17)8-13(10)20(18,19)15-5-4-6-16(2)3/h7-8,15,17H,4-6,9H2,1-3H3. The molecule has 0 aromatic heterocycles. The smallest absolute Gasteiger partial charge is 0.240 e. The van der Waals surface area contributed by atoms with Crippen molar-refractivity contribution in [3.05, 3.63) is 27.7 Å². The van der Waals surface area contributed by atoms with Gasteiger partial charge in [-0.3, -0.25) is 0 Å². The van der Waals surface area contributed by atoms with Gasteiger partial charge in [-0.2, -0.15) is 0 Å². The maximum Gasteiger partial charge on any atom is 0.240 e. The Kier molecular flexibility index (Phi) is 6.60. The van der Waals surface area contributed by atoms with Gasteiger partial charge in [0.15, 0.2) is 0 Å². The predicted molar refractivity (Wildman–Crippen MR) is 83.2 cm³/mol. The van der Waals surface area contributed by atoms with Crippen LogP contribution in [-0.4, -0.2) is 45.6 Å². The monoisotopic (exact) mass is 364 g/mol. The topological polar surface area (TPSA) is 69.6 Å². The van der Waals surface area contributed by atoms with Gasteiger partial charge < -0.3 is 10.0 Å². The molecule has 0 saturated carbocycles. The lowest BCUT2D eigenvalue weighted by atomic mass is 10.2. The molecule has 0 fully saturated rings. The third-order valence-electron chi connectivity index (χ3n) is 2.90. The van der Waals surface area contributed by atoms with Crippen LogP contribution in [-0.2, 0) is 16.6 Å². The molecule has 1 rings (SSSR count). The van der Waals surface area contributed by atoms with Crippen molar-refractivity contribution in [2.45, 2.75) is 24.8 Å². The number of hydrogen-bond acceptors (Lipinski definition) is 4. The number of sulfonamides is 1. The van der Waals surface area contributed by atoms with Crippen molar-refractivity contribution in [2.75, 3.05) is 27.2 Å². The summed E-state index contributed by atoms with van der Waals surface area (Å²) in [4.78, 5) is 2.21. The van der Waals surface area contributed by atoms with E-state index in [1.165, 1.54) is 6.07 Å². The van der Waals surface area contributed by atoms with Crippen LogP contribution in [0, 0.1) is 6.92 Å². The minimum atomic E-state index is -3.55. The van der Waals surface area contributed by atoms with Crippen LogP contribution in [0.25, 0.3) is 0 Å². The van der Waals surface area contributed by atoms with E-state index in [1.54, 1.807) is 13.0 Å². The molecule has 0 radical (unpaired) electrons. The van der Waals surface area contributed by atoms with E-state index in [0.717, 1.165) is 13.0 Å². The molecule has 0 unspecified atom stereocenters. The Bertz CT molecular complexity index is 559. The number of rotatable bonds is 7. The first-order chi connectivity index (χ1) is 9.27. The quantitative estimate of drug-likeness (QED) is 0.719. The molecule has 5 nitrogen and oxygen atoms in total. The summed E-state index contributed by atoms with van der Waals surface area (Å²) in [5.74, 6) is 0. The fourth-order valence-corrected chi connectivity index (χ4v) is 3.78. The number of aliphatic hydroxyl groups is 1. The van der Waals surface area contributed by atoms with E-state index >= 15 is 0 Å². The molecule has 0 bridgehead atoms. The zero-order valence-electron chi connectivity index (χ0n) is 12.0. The van der Waals surface area contributed by atoms with E-state index in [4.69, 9.17) is 0 Å². The fourth-order valence-electron chi connectivity index (χ4n) is 1.76. The highest BCUT2D eigenvalue weighted by molar-refractivity contribution is 9.10. The van der Waals surface area contributed by atoms with Gasteiger partial charge >= 0.3 is 0 Å². The third-order valence-corrected chi connectivity index (χ3v) is 5.31. The summed E-state index contributed by atoms with van der Waals surface area (Å²) in [7, 11) is 0.336. The molecule has 1 aromatic rings. The first kappa shape index (κ1) is 17.6. The molecule has 2 N–H and O–H groups in total. The molecule has 0 heterocycles. The highest BCUT2D eigenvalue weighted by Crippen LogP contribution is 2.25. The second-order valence-electron chi connectivity index (χ2n) is 4.91. The molecule has 0 spiro atoms. The van der Waals surface area contributed by atoms with Crippen LogP contribution < -0.4 is 4.72 Å². The summed E-state index contributed by atoms with van der Waals surface area (Å²) in [6.07, 6.45) is 0.742. The lowest BCUT2D eigenvalue weighted by Gasteiger charge is -2.13. The fraction of sp³-hybridized carbons (Fsp3) is 0.538. The van der Waals surface area contributed by atoms with Crippen LogP contribution in [0.5, 0.6) is 0 Å². The van der Waals surface area contributed by atoms with Crippen molar-refractivity contribution in [1.29, 1.82) is 0 Å². The van der Waals surface area contributed by atoms with Gasteiger partial charge in [-0.25, -0.2) is 13.1 Å². The lowest BCUT2D eigenvalue weighted by molar-refractivity contribution is 0.281. The Labute approximate surface area is 129 Å². The Morgan fingerprint density at radius 2 is 2.00 bits per heavy atom. The number of halogens is 1. The van der Waals surface area contributed by atoms with Crippen LogP contribution >= 0.6 is 15.9 Å². The summed E-state index contributed by atoms with van der Waals surface area (Å²) >= 11 is 3.32. The van der Waals surface area contributed by atoms with Gasteiger partial charge in [0.05, 0.1) is 11.5 Å². The number of nitrogens with one attached hydrogen (secondary N) is 1. The van der Waals surface area contributed by atoms with E-state index in [2.05, 4.69) is 20.7 Å². The largest absolute Gasteiger partial charge is 0.392 e. The summed E-state index contributed by atoms with van der Waals surface area (Å²) < 4.78 is 27.9. The second kappa shape index (κ2) is 7.51. The Hall–Kier alpha value is -0.470. The highest BCUT2D eigenvalue weighted by atomic mass is 79.9. The van der Waals surface area contributed by atoms with Crippen LogP contribution in [0.3, 0.4) is 0 Å². The van der Waals surface area contributed by atoms with E-state index in [-0.39, 0.29) is 11.5 Å². The van der Waals surface area contributed by atoms with Crippen LogP contribution in [0.15, 0.2) is 21.5 Å². The summed E-state index contributed by atoms with van der Waals surface area (Å²) in [6, 6.07) is 3.23. The van der Waals surface area contributed by atoms with Gasteiger partial charge in [0.1, 0.15) is 0 Å². The van der Waals surface area contributed by atoms with Crippen LogP contribution in [0.4, 0.5) is 0 Å². The van der Waals surface area contributed by atoms with Crippen LogP contribution in [0.2, 0.25) is 0 Å². The lowest BCUT2D eigenvalue weighted by Crippen LogP contribution is -2.28. The average molecular weight is 365 g/mol. The number of hydrogen-bond donors (Lipinski definition) is 2. The highest BCUT2D eigenvalue weighted by Gasteiger charge is 2.18. The number of benzene rings is 1. The maximum absolute atomic E-state index is 12.3. The Morgan fingerprint density at radius 1 is 1.35 bits per heavy atom. The number of aliphatic hydroxyl groups excluding tert-OH is 1. The molecule has 114 valence electrons. The normalized spacial score (nSPS) is 12.1. The predicted octanol–water partition coefficient (Wildman–Crippen LogP) is 1.48. The van der Waals surface area contributed by atoms with Crippen molar-refractivity contribution in [3.8, 4) is 0 Å². The Morgan fingerprint density at radius 3 is 2.55 bits per heavy atom. The molecule has 0 atom stereocenters. The van der Waals surface area contributed by atoms with Crippen molar-refractivity contribution in [3.63, 3.8) is 0 Å². The first-order valence-corrected chi connectivity index (χ1v) is 8.60. The molecule has 0 amide bonds. The van der Waals surface area contributed by atoms with Crippen LogP contribution in [0.1, 0.15) is 17.5 Å². The van der Waals surface area contributed by atoms with Gasteiger partial charge in [0.25, 0.3) is 0 Å². The van der Waals surface area contributed by atoms with E-state index in [1.807, 2.05) is 19.0 Å². The average Bonchev–Trinajstić information content (AvgIpc) is 2.37. The summed E-state index contributed by atoms with van der Waals surface area (Å²) in [6.45, 7) is 2.75. The molecular formula is C13H21BrN2O3S. The molecule has 0 aliphatic rings. The minimum absolute atomic E-state index is 0.192. The van der Waals surface area contributed by atoms with Gasteiger partial charge in [-0.15, -0.1) is 0 Å². The van der Waals surface area contributed by atoms with Crippen molar-refractivity contribution in [1.82, 2.24) is 9.62 Å². The van der Waals surface area contributed by atoms with Crippen molar-refractivity contribution < 1.29 is 13.5 Å². The number of nitrogens with zero attached hydrogens (tertiary/aromatic N) is 1. The van der Waals surface area contributed by atoms with Gasteiger partial charge in [-0.1, -0.05) is 15.9 Å². The summed E-state index contributed by atoms with van der Waals surface area (Å²) in [5.41, 5.74) is 1.21.